The molecule has 1 aromatic heterocycles. The Hall–Kier alpha value is -1.65. The fourth-order valence-corrected chi connectivity index (χ4v) is 0.819. The second kappa shape index (κ2) is 4.72. The zero-order valence-corrected chi connectivity index (χ0v) is 8.97. The molecule has 0 saturated heterocycles. The van der Waals surface area contributed by atoms with Crippen molar-refractivity contribution < 1.29 is 14.6 Å². The molecule has 5 heteroatoms. The van der Waals surface area contributed by atoms with Gasteiger partial charge in [0.25, 0.3) is 0 Å². The number of ether oxygens (including phenoxy) is 1. The van der Waals surface area contributed by atoms with Crippen LogP contribution in [0.5, 0.6) is 6.01 Å². The van der Waals surface area contributed by atoms with Gasteiger partial charge in [-0.15, -0.1) is 0 Å². The van der Waals surface area contributed by atoms with E-state index in [1.807, 2.05) is 20.8 Å². The van der Waals surface area contributed by atoms with E-state index < -0.39 is 5.97 Å². The van der Waals surface area contributed by atoms with Crippen LogP contribution >= 0.6 is 0 Å². The van der Waals surface area contributed by atoms with Crippen molar-refractivity contribution in [3.63, 3.8) is 0 Å². The first-order chi connectivity index (χ1) is 7.00. The molecule has 82 valence electrons. The van der Waals surface area contributed by atoms with E-state index in [4.69, 9.17) is 9.84 Å². The van der Waals surface area contributed by atoms with Gasteiger partial charge in [0.05, 0.1) is 0 Å². The number of nitrogens with zero attached hydrogens (tertiary/aromatic N) is 2. The maximum Gasteiger partial charge on any atom is 0.354 e. The summed E-state index contributed by atoms with van der Waals surface area (Å²) in [6, 6.07) is 1.44. The van der Waals surface area contributed by atoms with Gasteiger partial charge in [-0.25, -0.2) is 9.78 Å². The number of carboxylic acid groups (broad SMARTS) is 1. The minimum Gasteiger partial charge on any atom is -0.477 e. The fraction of sp³-hybridized carbons (Fsp3) is 0.500. The minimum atomic E-state index is -1.08. The first-order valence-electron chi connectivity index (χ1n) is 4.73. The molecule has 0 aliphatic carbocycles. The van der Waals surface area contributed by atoms with Gasteiger partial charge in [0.1, 0.15) is 6.10 Å². The van der Waals surface area contributed by atoms with Crippen molar-refractivity contribution in [2.75, 3.05) is 0 Å². The summed E-state index contributed by atoms with van der Waals surface area (Å²) >= 11 is 0. The van der Waals surface area contributed by atoms with Crippen LogP contribution in [-0.2, 0) is 0 Å². The summed E-state index contributed by atoms with van der Waals surface area (Å²) in [5.41, 5.74) is -0.0593. The highest BCUT2D eigenvalue weighted by Crippen LogP contribution is 2.10. The first-order valence-corrected chi connectivity index (χ1v) is 4.73. The third-order valence-corrected chi connectivity index (χ3v) is 2.08. The summed E-state index contributed by atoms with van der Waals surface area (Å²) in [4.78, 5) is 18.2. The van der Waals surface area contributed by atoms with E-state index in [0.29, 0.717) is 5.92 Å². The van der Waals surface area contributed by atoms with Gasteiger partial charge >= 0.3 is 12.0 Å². The predicted molar refractivity (Wildman–Crippen MR) is 53.9 cm³/mol. The molecule has 15 heavy (non-hydrogen) atoms. The summed E-state index contributed by atoms with van der Waals surface area (Å²) < 4.78 is 5.38. The van der Waals surface area contributed by atoms with Crippen molar-refractivity contribution in [1.29, 1.82) is 0 Å². The van der Waals surface area contributed by atoms with Crippen LogP contribution in [-0.4, -0.2) is 27.1 Å². The molecule has 0 fully saturated rings. The average Bonchev–Trinajstić information content (AvgIpc) is 2.18. The van der Waals surface area contributed by atoms with Crippen molar-refractivity contribution in [3.05, 3.63) is 18.0 Å². The van der Waals surface area contributed by atoms with Crippen molar-refractivity contribution in [3.8, 4) is 6.01 Å². The molecular weight excluding hydrogens is 196 g/mol. The van der Waals surface area contributed by atoms with Gasteiger partial charge in [-0.05, 0) is 18.9 Å². The van der Waals surface area contributed by atoms with Crippen LogP contribution in [0.4, 0.5) is 0 Å². The van der Waals surface area contributed by atoms with Gasteiger partial charge in [-0.2, -0.15) is 4.98 Å². The molecule has 5 nitrogen and oxygen atoms in total. The zero-order valence-electron chi connectivity index (χ0n) is 8.97. The lowest BCUT2D eigenvalue weighted by Crippen LogP contribution is -2.20. The normalized spacial score (nSPS) is 12.5. The topological polar surface area (TPSA) is 72.3 Å². The summed E-state index contributed by atoms with van der Waals surface area (Å²) in [6.07, 6.45) is 1.33. The molecule has 1 N–H and O–H groups in total. The number of rotatable bonds is 4. The molecule has 1 heterocycles. The van der Waals surface area contributed by atoms with Crippen molar-refractivity contribution in [1.82, 2.24) is 9.97 Å². The second-order valence-electron chi connectivity index (χ2n) is 3.60. The summed E-state index contributed by atoms with van der Waals surface area (Å²) in [5, 5.41) is 8.71. The van der Waals surface area contributed by atoms with Gasteiger partial charge in [0, 0.05) is 6.20 Å². The number of hydrogen-bond acceptors (Lipinski definition) is 4. The Balaban J connectivity index is 2.78. The first kappa shape index (κ1) is 11.4. The summed E-state index contributed by atoms with van der Waals surface area (Å²) in [5.74, 6) is -0.762. The molecule has 1 rings (SSSR count). The van der Waals surface area contributed by atoms with Crippen molar-refractivity contribution >= 4 is 5.97 Å². The molecule has 0 aromatic carbocycles. The van der Waals surface area contributed by atoms with Crippen LogP contribution < -0.4 is 4.74 Å². The average molecular weight is 210 g/mol. The molecule has 1 aromatic rings. The quantitative estimate of drug-likeness (QED) is 0.817. The Morgan fingerprint density at radius 1 is 1.47 bits per heavy atom. The van der Waals surface area contributed by atoms with Gasteiger partial charge in [0.15, 0.2) is 5.69 Å². The standard InChI is InChI=1S/C10H14N2O3/c1-6(2)7(3)15-10-11-5-4-8(12-10)9(13)14/h4-7H,1-3H3,(H,13,14). The SMILES string of the molecule is CC(C)C(C)Oc1nccc(C(=O)O)n1. The maximum absolute atomic E-state index is 10.6. The van der Waals surface area contributed by atoms with Crippen LogP contribution in [0.15, 0.2) is 12.3 Å². The Morgan fingerprint density at radius 2 is 2.13 bits per heavy atom. The Labute approximate surface area is 88.1 Å². The fourth-order valence-electron chi connectivity index (χ4n) is 0.819. The largest absolute Gasteiger partial charge is 0.477 e. The number of carboxylic acids is 1. The number of aromatic carboxylic acids is 1. The third kappa shape index (κ3) is 3.19. The molecule has 0 bridgehead atoms. The molecule has 1 unspecified atom stereocenters. The highest BCUT2D eigenvalue weighted by atomic mass is 16.5. The van der Waals surface area contributed by atoms with Crippen LogP contribution in [0, 0.1) is 5.92 Å². The van der Waals surface area contributed by atoms with Gasteiger partial charge in [-0.1, -0.05) is 13.8 Å². The lowest BCUT2D eigenvalue weighted by molar-refractivity contribution is 0.0686. The van der Waals surface area contributed by atoms with E-state index in [0.717, 1.165) is 0 Å². The predicted octanol–water partition coefficient (Wildman–Crippen LogP) is 1.60. The van der Waals surface area contributed by atoms with E-state index in [1.165, 1.54) is 12.3 Å². The Kier molecular flexibility index (Phi) is 3.60. The molecule has 0 amide bonds. The van der Waals surface area contributed by atoms with E-state index in [9.17, 15) is 4.79 Å². The highest BCUT2D eigenvalue weighted by Gasteiger charge is 2.12. The van der Waals surface area contributed by atoms with Crippen LogP contribution in [0.3, 0.4) is 0 Å². The summed E-state index contributed by atoms with van der Waals surface area (Å²) in [6.45, 7) is 5.90. The van der Waals surface area contributed by atoms with Crippen LogP contribution in [0.1, 0.15) is 31.3 Å². The van der Waals surface area contributed by atoms with Gasteiger partial charge < -0.3 is 9.84 Å². The molecule has 0 spiro atoms. The lowest BCUT2D eigenvalue weighted by Gasteiger charge is -2.16. The second-order valence-corrected chi connectivity index (χ2v) is 3.60. The van der Waals surface area contributed by atoms with E-state index in [-0.39, 0.29) is 17.8 Å². The maximum atomic E-state index is 10.6. The smallest absolute Gasteiger partial charge is 0.354 e. The molecule has 0 aliphatic heterocycles. The molecular formula is C10H14N2O3. The van der Waals surface area contributed by atoms with Crippen LogP contribution in [0.2, 0.25) is 0 Å². The molecule has 0 saturated carbocycles. The third-order valence-electron chi connectivity index (χ3n) is 2.08. The van der Waals surface area contributed by atoms with E-state index >= 15 is 0 Å². The number of carbonyl (C=O) groups is 1. The van der Waals surface area contributed by atoms with Crippen molar-refractivity contribution in [2.45, 2.75) is 26.9 Å². The van der Waals surface area contributed by atoms with E-state index in [1.54, 1.807) is 0 Å². The zero-order chi connectivity index (χ0) is 11.4. The van der Waals surface area contributed by atoms with Crippen molar-refractivity contribution in [2.24, 2.45) is 5.92 Å². The Bertz CT molecular complexity index is 352. The minimum absolute atomic E-state index is 0.0472. The van der Waals surface area contributed by atoms with Gasteiger partial charge in [0.2, 0.25) is 0 Å². The monoisotopic (exact) mass is 210 g/mol. The number of aromatic nitrogens is 2. The summed E-state index contributed by atoms with van der Waals surface area (Å²) in [7, 11) is 0. The number of hydrogen-bond donors (Lipinski definition) is 1. The highest BCUT2D eigenvalue weighted by molar-refractivity contribution is 5.85. The van der Waals surface area contributed by atoms with Gasteiger partial charge in [-0.3, -0.25) is 0 Å². The van der Waals surface area contributed by atoms with Crippen LogP contribution in [0.25, 0.3) is 0 Å². The van der Waals surface area contributed by atoms with E-state index in [2.05, 4.69) is 9.97 Å². The molecule has 1 atom stereocenters. The molecule has 0 radical (unpaired) electrons. The lowest BCUT2D eigenvalue weighted by atomic mass is 10.1. The Morgan fingerprint density at radius 3 is 2.67 bits per heavy atom. The molecule has 0 aliphatic rings.